The van der Waals surface area contributed by atoms with E-state index in [0.717, 1.165) is 31.4 Å². The molecule has 0 saturated carbocycles. The maximum absolute atomic E-state index is 8.70. The molecule has 1 aromatic rings. The average Bonchev–Trinajstić information content (AvgIpc) is 2.36. The van der Waals surface area contributed by atoms with Gasteiger partial charge >= 0.3 is 0 Å². The summed E-state index contributed by atoms with van der Waals surface area (Å²) in [7, 11) is 0. The fourth-order valence-electron chi connectivity index (χ4n) is 1.84. The van der Waals surface area contributed by atoms with E-state index in [1.807, 2.05) is 18.2 Å². The van der Waals surface area contributed by atoms with Crippen LogP contribution in [0.2, 0.25) is 10.0 Å². The number of aliphatic hydroxyl groups is 1. The van der Waals surface area contributed by atoms with Gasteiger partial charge in [0.15, 0.2) is 0 Å². The predicted octanol–water partition coefficient (Wildman–Crippen LogP) is 2.75. The van der Waals surface area contributed by atoms with Crippen LogP contribution in [0.1, 0.15) is 30.9 Å². The van der Waals surface area contributed by atoms with E-state index in [9.17, 15) is 0 Å². The number of benzene rings is 1. The van der Waals surface area contributed by atoms with E-state index < -0.39 is 0 Å². The van der Waals surface area contributed by atoms with Crippen LogP contribution in [0.15, 0.2) is 18.2 Å². The summed E-state index contributed by atoms with van der Waals surface area (Å²) < 4.78 is 0. The molecule has 0 spiro atoms. The number of nitrogens with one attached hydrogen (secondary N) is 1. The Morgan fingerprint density at radius 2 is 1.83 bits per heavy atom. The summed E-state index contributed by atoms with van der Waals surface area (Å²) in [4.78, 5) is 0. The van der Waals surface area contributed by atoms with Gasteiger partial charge < -0.3 is 16.2 Å². The molecule has 3 nitrogen and oxygen atoms in total. The van der Waals surface area contributed by atoms with E-state index in [1.165, 1.54) is 0 Å². The Kier molecular flexibility index (Phi) is 7.63. The third kappa shape index (κ3) is 4.75. The largest absolute Gasteiger partial charge is 0.396 e. The third-order valence-electron chi connectivity index (χ3n) is 2.81. The van der Waals surface area contributed by atoms with E-state index in [4.69, 9.17) is 34.0 Å². The van der Waals surface area contributed by atoms with E-state index in [1.54, 1.807) is 0 Å². The molecule has 1 atom stereocenters. The quantitative estimate of drug-likeness (QED) is 0.645. The molecule has 18 heavy (non-hydrogen) atoms. The van der Waals surface area contributed by atoms with Crippen molar-refractivity contribution in [3.8, 4) is 0 Å². The molecular formula is C13H20Cl2N2O. The molecule has 0 aromatic heterocycles. The minimum atomic E-state index is -0.0275. The van der Waals surface area contributed by atoms with Gasteiger partial charge in [0.1, 0.15) is 0 Å². The Bertz CT molecular complexity index is 341. The molecule has 0 heterocycles. The van der Waals surface area contributed by atoms with Gasteiger partial charge in [-0.05, 0) is 37.9 Å². The van der Waals surface area contributed by atoms with Gasteiger partial charge in [-0.3, -0.25) is 0 Å². The van der Waals surface area contributed by atoms with Crippen molar-refractivity contribution in [1.82, 2.24) is 5.32 Å². The van der Waals surface area contributed by atoms with Crippen LogP contribution in [0, 0.1) is 0 Å². The van der Waals surface area contributed by atoms with Crippen molar-refractivity contribution in [3.05, 3.63) is 33.8 Å². The van der Waals surface area contributed by atoms with Crippen molar-refractivity contribution in [2.75, 3.05) is 19.7 Å². The average molecular weight is 291 g/mol. The van der Waals surface area contributed by atoms with Crippen molar-refractivity contribution >= 4 is 23.2 Å². The van der Waals surface area contributed by atoms with E-state index >= 15 is 0 Å². The minimum Gasteiger partial charge on any atom is -0.396 e. The van der Waals surface area contributed by atoms with Crippen molar-refractivity contribution in [2.24, 2.45) is 5.73 Å². The van der Waals surface area contributed by atoms with Crippen molar-refractivity contribution in [3.63, 3.8) is 0 Å². The van der Waals surface area contributed by atoms with Crippen molar-refractivity contribution < 1.29 is 5.11 Å². The standard InChI is InChI=1S/C13H20Cl2N2O/c14-10-5-4-6-11(15)13(10)12(9-16)17-7-2-1-3-8-18/h4-6,12,17-18H,1-3,7-9,16H2. The lowest BCUT2D eigenvalue weighted by molar-refractivity contribution is 0.282. The van der Waals surface area contributed by atoms with Crippen molar-refractivity contribution in [1.29, 1.82) is 0 Å². The molecule has 0 aliphatic rings. The highest BCUT2D eigenvalue weighted by atomic mass is 35.5. The van der Waals surface area contributed by atoms with Gasteiger partial charge in [0.2, 0.25) is 0 Å². The molecule has 1 rings (SSSR count). The molecular weight excluding hydrogens is 271 g/mol. The molecule has 0 fully saturated rings. The fourth-order valence-corrected chi connectivity index (χ4v) is 2.50. The molecule has 102 valence electrons. The number of aliphatic hydroxyl groups excluding tert-OH is 1. The van der Waals surface area contributed by atoms with Crippen LogP contribution in [0.5, 0.6) is 0 Å². The van der Waals surface area contributed by atoms with Crippen LogP contribution in [-0.4, -0.2) is 24.8 Å². The summed E-state index contributed by atoms with van der Waals surface area (Å²) >= 11 is 12.3. The Balaban J connectivity index is 2.55. The van der Waals surface area contributed by atoms with E-state index in [-0.39, 0.29) is 12.6 Å². The third-order valence-corrected chi connectivity index (χ3v) is 3.47. The van der Waals surface area contributed by atoms with Gasteiger partial charge in [-0.25, -0.2) is 0 Å². The van der Waals surface area contributed by atoms with E-state index in [0.29, 0.717) is 16.6 Å². The summed E-state index contributed by atoms with van der Waals surface area (Å²) in [5.74, 6) is 0. The predicted molar refractivity (Wildman–Crippen MR) is 77.2 cm³/mol. The highest BCUT2D eigenvalue weighted by Crippen LogP contribution is 2.29. The topological polar surface area (TPSA) is 58.3 Å². The highest BCUT2D eigenvalue weighted by molar-refractivity contribution is 6.36. The first-order valence-corrected chi connectivity index (χ1v) is 6.94. The molecule has 0 amide bonds. The molecule has 0 aliphatic heterocycles. The fraction of sp³-hybridized carbons (Fsp3) is 0.538. The van der Waals surface area contributed by atoms with Gasteiger partial charge in [0.25, 0.3) is 0 Å². The zero-order valence-corrected chi connectivity index (χ0v) is 11.8. The molecule has 0 aliphatic carbocycles. The SMILES string of the molecule is NCC(NCCCCCO)c1c(Cl)cccc1Cl. The number of rotatable bonds is 8. The second-order valence-electron chi connectivity index (χ2n) is 4.16. The first kappa shape index (κ1) is 15.7. The van der Waals surface area contributed by atoms with Crippen LogP contribution < -0.4 is 11.1 Å². The molecule has 0 radical (unpaired) electrons. The maximum atomic E-state index is 8.70. The van der Waals surface area contributed by atoms with Crippen LogP contribution >= 0.6 is 23.2 Å². The molecule has 0 bridgehead atoms. The Labute approximate surface area is 118 Å². The lowest BCUT2D eigenvalue weighted by atomic mass is 10.1. The van der Waals surface area contributed by atoms with Crippen LogP contribution in [0.25, 0.3) is 0 Å². The van der Waals surface area contributed by atoms with E-state index in [2.05, 4.69) is 5.32 Å². The zero-order chi connectivity index (χ0) is 13.4. The minimum absolute atomic E-state index is 0.0275. The Hall–Kier alpha value is -0.320. The zero-order valence-electron chi connectivity index (χ0n) is 10.3. The first-order chi connectivity index (χ1) is 8.70. The smallest absolute Gasteiger partial charge is 0.0474 e. The first-order valence-electron chi connectivity index (χ1n) is 6.19. The molecule has 1 aromatic carbocycles. The van der Waals surface area contributed by atoms with Crippen LogP contribution in [0.3, 0.4) is 0 Å². The lowest BCUT2D eigenvalue weighted by Crippen LogP contribution is -2.29. The van der Waals surface area contributed by atoms with Gasteiger partial charge in [0.05, 0.1) is 0 Å². The van der Waals surface area contributed by atoms with Gasteiger partial charge in [-0.1, -0.05) is 29.3 Å². The Morgan fingerprint density at radius 3 is 2.39 bits per heavy atom. The van der Waals surface area contributed by atoms with Crippen LogP contribution in [0.4, 0.5) is 0 Å². The van der Waals surface area contributed by atoms with Gasteiger partial charge in [0, 0.05) is 34.8 Å². The van der Waals surface area contributed by atoms with Gasteiger partial charge in [-0.2, -0.15) is 0 Å². The number of hydrogen-bond donors (Lipinski definition) is 3. The number of nitrogens with two attached hydrogens (primary N) is 1. The normalized spacial score (nSPS) is 12.7. The number of hydrogen-bond acceptors (Lipinski definition) is 3. The summed E-state index contributed by atoms with van der Waals surface area (Å²) in [6.07, 6.45) is 2.83. The number of halogens is 2. The number of unbranched alkanes of at least 4 members (excludes halogenated alkanes) is 2. The monoisotopic (exact) mass is 290 g/mol. The molecule has 0 saturated heterocycles. The lowest BCUT2D eigenvalue weighted by Gasteiger charge is -2.19. The van der Waals surface area contributed by atoms with Gasteiger partial charge in [-0.15, -0.1) is 0 Å². The summed E-state index contributed by atoms with van der Waals surface area (Å²) in [6, 6.07) is 5.43. The van der Waals surface area contributed by atoms with Crippen molar-refractivity contribution in [2.45, 2.75) is 25.3 Å². The maximum Gasteiger partial charge on any atom is 0.0474 e. The van der Waals surface area contributed by atoms with Crippen LogP contribution in [-0.2, 0) is 0 Å². The highest BCUT2D eigenvalue weighted by Gasteiger charge is 2.15. The summed E-state index contributed by atoms with van der Waals surface area (Å²) in [5.41, 5.74) is 6.63. The Morgan fingerprint density at radius 1 is 1.17 bits per heavy atom. The molecule has 1 unspecified atom stereocenters. The molecule has 4 N–H and O–H groups in total. The summed E-state index contributed by atoms with van der Waals surface area (Å²) in [6.45, 7) is 1.53. The second kappa shape index (κ2) is 8.73. The molecule has 5 heteroatoms. The summed E-state index contributed by atoms with van der Waals surface area (Å²) in [5, 5.41) is 13.3. The second-order valence-corrected chi connectivity index (χ2v) is 4.98.